The van der Waals surface area contributed by atoms with E-state index in [2.05, 4.69) is 10.6 Å². The molecular formula is C25H22ClN3O5. The summed E-state index contributed by atoms with van der Waals surface area (Å²) in [6.45, 7) is 2.62. The SMILES string of the molecule is Cc1cc2c(cc1Cl)OCC(C(=O)NCc1ccc3c(c1)CN(C1CCC(=O)NC1=O)C3=O)=C2. The smallest absolute Gasteiger partial charge is 0.255 e. The van der Waals surface area contributed by atoms with Crippen molar-refractivity contribution in [3.63, 3.8) is 0 Å². The van der Waals surface area contributed by atoms with Crippen LogP contribution in [0.25, 0.3) is 6.08 Å². The molecule has 0 radical (unpaired) electrons. The molecule has 34 heavy (non-hydrogen) atoms. The first-order valence-electron chi connectivity index (χ1n) is 11.0. The minimum Gasteiger partial charge on any atom is -0.488 e. The Bertz CT molecular complexity index is 1290. The van der Waals surface area contributed by atoms with Crippen LogP contribution in [0.4, 0.5) is 0 Å². The summed E-state index contributed by atoms with van der Waals surface area (Å²) in [6, 6.07) is 8.36. The van der Waals surface area contributed by atoms with Crippen molar-refractivity contribution in [1.82, 2.24) is 15.5 Å². The largest absolute Gasteiger partial charge is 0.488 e. The van der Waals surface area contributed by atoms with Crippen LogP contribution in [0.5, 0.6) is 5.75 Å². The minimum absolute atomic E-state index is 0.151. The van der Waals surface area contributed by atoms with Crippen LogP contribution in [0.3, 0.4) is 0 Å². The van der Waals surface area contributed by atoms with Crippen molar-refractivity contribution in [3.05, 3.63) is 68.7 Å². The summed E-state index contributed by atoms with van der Waals surface area (Å²) in [6.07, 6.45) is 2.33. The van der Waals surface area contributed by atoms with Crippen LogP contribution in [-0.2, 0) is 27.5 Å². The number of nitrogens with one attached hydrogen (secondary N) is 2. The van der Waals surface area contributed by atoms with E-state index in [1.54, 1.807) is 24.3 Å². The quantitative estimate of drug-likeness (QED) is 0.656. The van der Waals surface area contributed by atoms with Crippen molar-refractivity contribution in [3.8, 4) is 5.75 Å². The van der Waals surface area contributed by atoms with E-state index in [-0.39, 0.29) is 37.3 Å². The van der Waals surface area contributed by atoms with Gasteiger partial charge in [-0.05, 0) is 54.3 Å². The molecular weight excluding hydrogens is 458 g/mol. The van der Waals surface area contributed by atoms with E-state index in [9.17, 15) is 19.2 Å². The first-order valence-corrected chi connectivity index (χ1v) is 11.4. The van der Waals surface area contributed by atoms with E-state index < -0.39 is 11.9 Å². The summed E-state index contributed by atoms with van der Waals surface area (Å²) >= 11 is 6.14. The second kappa shape index (κ2) is 8.61. The van der Waals surface area contributed by atoms with Gasteiger partial charge in [-0.3, -0.25) is 24.5 Å². The summed E-state index contributed by atoms with van der Waals surface area (Å²) < 4.78 is 5.69. The number of aryl methyl sites for hydroxylation is 1. The van der Waals surface area contributed by atoms with Crippen molar-refractivity contribution in [2.24, 2.45) is 0 Å². The molecule has 1 atom stereocenters. The molecule has 1 unspecified atom stereocenters. The van der Waals surface area contributed by atoms with Crippen molar-refractivity contribution in [2.45, 2.75) is 38.9 Å². The molecule has 5 rings (SSSR count). The summed E-state index contributed by atoms with van der Waals surface area (Å²) in [4.78, 5) is 50.7. The molecule has 0 spiro atoms. The number of imide groups is 1. The summed E-state index contributed by atoms with van der Waals surface area (Å²) in [5.74, 6) is -0.564. The first-order chi connectivity index (χ1) is 16.3. The lowest BCUT2D eigenvalue weighted by Crippen LogP contribution is -2.52. The Morgan fingerprint density at radius 1 is 1.24 bits per heavy atom. The monoisotopic (exact) mass is 479 g/mol. The maximum atomic E-state index is 12.8. The number of amides is 4. The van der Waals surface area contributed by atoms with Crippen molar-refractivity contribution >= 4 is 41.3 Å². The Hall–Kier alpha value is -3.65. The highest BCUT2D eigenvalue weighted by atomic mass is 35.5. The summed E-state index contributed by atoms with van der Waals surface area (Å²) in [5.41, 5.74) is 4.39. The van der Waals surface area contributed by atoms with Gasteiger partial charge in [-0.15, -0.1) is 0 Å². The summed E-state index contributed by atoms with van der Waals surface area (Å²) in [7, 11) is 0. The van der Waals surface area contributed by atoms with Crippen LogP contribution in [0, 0.1) is 6.92 Å². The van der Waals surface area contributed by atoms with Gasteiger partial charge in [0.25, 0.3) is 11.8 Å². The molecule has 0 saturated carbocycles. The van der Waals surface area contributed by atoms with Crippen molar-refractivity contribution in [2.75, 3.05) is 6.61 Å². The minimum atomic E-state index is -0.652. The van der Waals surface area contributed by atoms with E-state index >= 15 is 0 Å². The lowest BCUT2D eigenvalue weighted by molar-refractivity contribution is -0.137. The zero-order valence-electron chi connectivity index (χ0n) is 18.4. The highest BCUT2D eigenvalue weighted by molar-refractivity contribution is 6.31. The van der Waals surface area contributed by atoms with Crippen LogP contribution >= 0.6 is 11.6 Å². The van der Waals surface area contributed by atoms with Crippen LogP contribution in [0.2, 0.25) is 5.02 Å². The molecule has 1 saturated heterocycles. The maximum absolute atomic E-state index is 12.8. The van der Waals surface area contributed by atoms with Gasteiger partial charge in [-0.25, -0.2) is 0 Å². The van der Waals surface area contributed by atoms with Gasteiger partial charge in [0.2, 0.25) is 11.8 Å². The maximum Gasteiger partial charge on any atom is 0.255 e. The lowest BCUT2D eigenvalue weighted by atomic mass is 10.0. The number of piperidine rings is 1. The third-order valence-electron chi connectivity index (χ3n) is 6.34. The zero-order valence-corrected chi connectivity index (χ0v) is 19.2. The van der Waals surface area contributed by atoms with Gasteiger partial charge in [0.1, 0.15) is 18.4 Å². The molecule has 4 amide bonds. The van der Waals surface area contributed by atoms with E-state index in [1.165, 1.54) is 4.90 Å². The Kier molecular flexibility index (Phi) is 5.61. The predicted molar refractivity (Wildman–Crippen MR) is 124 cm³/mol. The fourth-order valence-corrected chi connectivity index (χ4v) is 4.63. The topological polar surface area (TPSA) is 105 Å². The fraction of sp³-hybridized carbons (Fsp3) is 0.280. The zero-order chi connectivity index (χ0) is 24.0. The average molecular weight is 480 g/mol. The van der Waals surface area contributed by atoms with E-state index in [0.717, 1.165) is 22.3 Å². The van der Waals surface area contributed by atoms with Crippen LogP contribution in [-0.4, -0.2) is 41.2 Å². The number of hydrogen-bond donors (Lipinski definition) is 2. The van der Waals surface area contributed by atoms with Crippen molar-refractivity contribution in [1.29, 1.82) is 0 Å². The molecule has 9 heteroatoms. The third kappa shape index (κ3) is 4.05. The third-order valence-corrected chi connectivity index (χ3v) is 6.74. The molecule has 2 aromatic carbocycles. The standard InChI is InChI=1S/C25H22ClN3O5/c1-13-6-15-8-17(12-34-21(15)9-19(13)26)23(31)27-10-14-2-3-18-16(7-14)11-29(25(18)33)20-4-5-22(30)28-24(20)32/h2-3,6-9,20H,4-5,10-12H2,1H3,(H,27,31)(H,28,30,32). The molecule has 0 aliphatic carbocycles. The van der Waals surface area contributed by atoms with Gasteiger partial charge in [-0.1, -0.05) is 23.7 Å². The Balaban J connectivity index is 1.25. The number of rotatable bonds is 4. The number of fused-ring (bicyclic) bond motifs is 2. The van der Waals surface area contributed by atoms with Gasteiger partial charge in [-0.2, -0.15) is 0 Å². The molecule has 0 aromatic heterocycles. The second-order valence-electron chi connectivity index (χ2n) is 8.67. The van der Waals surface area contributed by atoms with Crippen LogP contribution < -0.4 is 15.4 Å². The molecule has 174 valence electrons. The molecule has 3 heterocycles. The first kappa shape index (κ1) is 22.2. The molecule has 1 fully saturated rings. The molecule has 3 aliphatic rings. The normalized spacial score (nSPS) is 19.1. The van der Waals surface area contributed by atoms with E-state index in [0.29, 0.717) is 34.9 Å². The number of carbonyl (C=O) groups is 4. The highest BCUT2D eigenvalue weighted by Crippen LogP contribution is 2.32. The Morgan fingerprint density at radius 2 is 2.06 bits per heavy atom. The lowest BCUT2D eigenvalue weighted by Gasteiger charge is -2.29. The molecule has 3 aliphatic heterocycles. The molecule has 0 bridgehead atoms. The highest BCUT2D eigenvalue weighted by Gasteiger charge is 2.39. The van der Waals surface area contributed by atoms with Gasteiger partial charge < -0.3 is 15.0 Å². The molecule has 2 aromatic rings. The van der Waals surface area contributed by atoms with Gasteiger partial charge in [0.05, 0.1) is 5.57 Å². The number of hydrogen-bond acceptors (Lipinski definition) is 5. The fourth-order valence-electron chi connectivity index (χ4n) is 4.47. The number of ether oxygens (including phenoxy) is 1. The van der Waals surface area contributed by atoms with E-state index in [1.807, 2.05) is 19.1 Å². The summed E-state index contributed by atoms with van der Waals surface area (Å²) in [5, 5.41) is 5.82. The Morgan fingerprint density at radius 3 is 2.85 bits per heavy atom. The van der Waals surface area contributed by atoms with Gasteiger partial charge >= 0.3 is 0 Å². The predicted octanol–water partition coefficient (Wildman–Crippen LogP) is 2.50. The average Bonchev–Trinajstić information content (AvgIpc) is 3.13. The van der Waals surface area contributed by atoms with Crippen LogP contribution in [0.15, 0.2) is 35.9 Å². The van der Waals surface area contributed by atoms with Gasteiger partial charge in [0.15, 0.2) is 0 Å². The number of halogens is 1. The van der Waals surface area contributed by atoms with Crippen molar-refractivity contribution < 1.29 is 23.9 Å². The second-order valence-corrected chi connectivity index (χ2v) is 9.08. The number of nitrogens with zero attached hydrogens (tertiary/aromatic N) is 1. The van der Waals surface area contributed by atoms with Crippen LogP contribution in [0.1, 0.15) is 45.5 Å². The van der Waals surface area contributed by atoms with Gasteiger partial charge in [0, 0.05) is 35.7 Å². The van der Waals surface area contributed by atoms with E-state index in [4.69, 9.17) is 16.3 Å². The molecule has 2 N–H and O–H groups in total. The molecule has 8 nitrogen and oxygen atoms in total. The number of carbonyl (C=O) groups excluding carboxylic acids is 4. The Labute approximate surface area is 200 Å². The number of benzene rings is 2.